The molecule has 4 nitrogen and oxygen atoms in total. The number of halogens is 1. The van der Waals surface area contributed by atoms with E-state index in [0.29, 0.717) is 11.2 Å². The first-order valence-corrected chi connectivity index (χ1v) is 6.44. The predicted molar refractivity (Wildman–Crippen MR) is 69.4 cm³/mol. The summed E-state index contributed by atoms with van der Waals surface area (Å²) in [5, 5.41) is 8.59. The molecule has 0 bridgehead atoms. The zero-order chi connectivity index (χ0) is 12.4. The maximum atomic E-state index is 6.12. The molecule has 1 aliphatic rings. The van der Waals surface area contributed by atoms with Gasteiger partial charge in [0.25, 0.3) is 0 Å². The minimum Gasteiger partial charge on any atom is -0.381 e. The van der Waals surface area contributed by atoms with Crippen molar-refractivity contribution in [2.75, 3.05) is 13.2 Å². The lowest BCUT2D eigenvalue weighted by atomic mass is 10.1. The Morgan fingerprint density at radius 1 is 1.28 bits per heavy atom. The highest BCUT2D eigenvalue weighted by atomic mass is 35.5. The summed E-state index contributed by atoms with van der Waals surface area (Å²) >= 11 is 6.12. The number of aromatic nitrogens is 3. The number of ether oxygens (including phenoxy) is 1. The molecule has 1 aliphatic heterocycles. The minimum absolute atomic E-state index is 0.445. The fourth-order valence-electron chi connectivity index (χ4n) is 2.23. The molecule has 0 saturated carbocycles. The largest absolute Gasteiger partial charge is 0.381 e. The molecule has 2 heterocycles. The summed E-state index contributed by atoms with van der Waals surface area (Å²) in [5.74, 6) is 1.33. The van der Waals surface area contributed by atoms with E-state index in [9.17, 15) is 0 Å². The molecule has 3 rings (SSSR count). The summed E-state index contributed by atoms with van der Waals surface area (Å²) in [6.45, 7) is 2.45. The maximum absolute atomic E-state index is 6.12. The third-order valence-electron chi connectivity index (χ3n) is 3.20. The van der Waals surface area contributed by atoms with Crippen molar-refractivity contribution in [3.8, 4) is 11.4 Å². The average Bonchev–Trinajstić information content (AvgIpc) is 3.03. The third-order valence-corrected chi connectivity index (χ3v) is 3.48. The normalized spacial score (nSPS) is 19.3. The Balaban J connectivity index is 1.91. The molecule has 0 aliphatic carbocycles. The highest BCUT2D eigenvalue weighted by molar-refractivity contribution is 6.28. The molecule has 0 radical (unpaired) electrons. The van der Waals surface area contributed by atoms with Crippen LogP contribution in [0.25, 0.3) is 11.4 Å². The summed E-state index contributed by atoms with van der Waals surface area (Å²) in [7, 11) is 0. The molecule has 1 unspecified atom stereocenters. The van der Waals surface area contributed by atoms with Gasteiger partial charge >= 0.3 is 0 Å². The first-order chi connectivity index (χ1) is 8.84. The van der Waals surface area contributed by atoms with Crippen LogP contribution >= 0.6 is 11.6 Å². The standard InChI is InChI=1S/C13H14ClN3O/c14-13-16-15-12(11-4-2-1-3-5-11)17(13)8-10-6-7-18-9-10/h1-5,10H,6-9H2. The van der Waals surface area contributed by atoms with Crippen molar-refractivity contribution < 1.29 is 4.74 Å². The average molecular weight is 264 g/mol. The van der Waals surface area contributed by atoms with Gasteiger partial charge in [-0.05, 0) is 18.0 Å². The summed E-state index contributed by atoms with van der Waals surface area (Å²) in [5.41, 5.74) is 1.04. The summed E-state index contributed by atoms with van der Waals surface area (Å²) in [6.07, 6.45) is 1.07. The van der Waals surface area contributed by atoms with E-state index in [0.717, 1.165) is 37.6 Å². The maximum Gasteiger partial charge on any atom is 0.225 e. The van der Waals surface area contributed by atoms with E-state index in [4.69, 9.17) is 16.3 Å². The van der Waals surface area contributed by atoms with Crippen LogP contribution in [0.2, 0.25) is 5.28 Å². The summed E-state index contributed by atoms with van der Waals surface area (Å²) < 4.78 is 7.36. The Hall–Kier alpha value is -1.39. The van der Waals surface area contributed by atoms with E-state index >= 15 is 0 Å². The van der Waals surface area contributed by atoms with Gasteiger partial charge in [0.05, 0.1) is 6.61 Å². The molecular weight excluding hydrogens is 250 g/mol. The number of hydrogen-bond acceptors (Lipinski definition) is 3. The zero-order valence-electron chi connectivity index (χ0n) is 9.92. The second-order valence-corrected chi connectivity index (χ2v) is 4.84. The van der Waals surface area contributed by atoms with E-state index in [1.165, 1.54) is 0 Å². The molecule has 1 atom stereocenters. The van der Waals surface area contributed by atoms with Gasteiger partial charge in [-0.2, -0.15) is 0 Å². The van der Waals surface area contributed by atoms with Crippen molar-refractivity contribution in [1.29, 1.82) is 0 Å². The van der Waals surface area contributed by atoms with Gasteiger partial charge in [0.2, 0.25) is 5.28 Å². The van der Waals surface area contributed by atoms with Gasteiger partial charge in [0.1, 0.15) is 0 Å². The molecular formula is C13H14ClN3O. The van der Waals surface area contributed by atoms with Crippen LogP contribution in [0.3, 0.4) is 0 Å². The van der Waals surface area contributed by atoms with Gasteiger partial charge < -0.3 is 4.74 Å². The monoisotopic (exact) mass is 263 g/mol. The molecule has 2 aromatic rings. The third kappa shape index (κ3) is 2.26. The van der Waals surface area contributed by atoms with Crippen LogP contribution in [0.1, 0.15) is 6.42 Å². The first kappa shape index (κ1) is 11.7. The Bertz CT molecular complexity index is 520. The van der Waals surface area contributed by atoms with E-state index in [-0.39, 0.29) is 0 Å². The lowest BCUT2D eigenvalue weighted by Gasteiger charge is -2.11. The molecule has 0 spiro atoms. The zero-order valence-corrected chi connectivity index (χ0v) is 10.7. The number of nitrogens with zero attached hydrogens (tertiary/aromatic N) is 3. The van der Waals surface area contributed by atoms with Crippen LogP contribution in [0.15, 0.2) is 30.3 Å². The summed E-state index contributed by atoms with van der Waals surface area (Å²) in [6, 6.07) is 9.99. The van der Waals surface area contributed by atoms with Crippen molar-refractivity contribution in [3.63, 3.8) is 0 Å². The molecule has 1 fully saturated rings. The molecule has 1 aromatic heterocycles. The Morgan fingerprint density at radius 2 is 2.11 bits per heavy atom. The number of hydrogen-bond donors (Lipinski definition) is 0. The van der Waals surface area contributed by atoms with Crippen LogP contribution in [0.5, 0.6) is 0 Å². The molecule has 5 heteroatoms. The molecule has 0 N–H and O–H groups in total. The van der Waals surface area contributed by atoms with Crippen LogP contribution in [0.4, 0.5) is 0 Å². The van der Waals surface area contributed by atoms with Crippen molar-refractivity contribution >= 4 is 11.6 Å². The highest BCUT2D eigenvalue weighted by Crippen LogP contribution is 2.24. The van der Waals surface area contributed by atoms with E-state index in [1.807, 2.05) is 34.9 Å². The lowest BCUT2D eigenvalue weighted by molar-refractivity contribution is 0.182. The second kappa shape index (κ2) is 5.08. The van der Waals surface area contributed by atoms with Gasteiger partial charge in [0.15, 0.2) is 5.82 Å². The molecule has 0 amide bonds. The fraction of sp³-hybridized carbons (Fsp3) is 0.385. The van der Waals surface area contributed by atoms with Crippen LogP contribution in [0, 0.1) is 5.92 Å². The van der Waals surface area contributed by atoms with E-state index in [1.54, 1.807) is 0 Å². The summed E-state index contributed by atoms with van der Waals surface area (Å²) in [4.78, 5) is 0. The topological polar surface area (TPSA) is 39.9 Å². The number of benzene rings is 1. The van der Waals surface area contributed by atoms with Gasteiger partial charge in [-0.1, -0.05) is 30.3 Å². The Kier molecular flexibility index (Phi) is 3.30. The quantitative estimate of drug-likeness (QED) is 0.855. The SMILES string of the molecule is Clc1nnc(-c2ccccc2)n1CC1CCOC1. The second-order valence-electron chi connectivity index (χ2n) is 4.50. The van der Waals surface area contributed by atoms with Gasteiger partial charge in [-0.25, -0.2) is 0 Å². The van der Waals surface area contributed by atoms with Crippen molar-refractivity contribution in [3.05, 3.63) is 35.6 Å². The smallest absolute Gasteiger partial charge is 0.225 e. The van der Waals surface area contributed by atoms with Gasteiger partial charge in [-0.3, -0.25) is 4.57 Å². The highest BCUT2D eigenvalue weighted by Gasteiger charge is 2.20. The van der Waals surface area contributed by atoms with Crippen LogP contribution < -0.4 is 0 Å². The van der Waals surface area contributed by atoms with E-state index < -0.39 is 0 Å². The van der Waals surface area contributed by atoms with Crippen molar-refractivity contribution in [2.45, 2.75) is 13.0 Å². The predicted octanol–water partition coefficient (Wildman–Crippen LogP) is 2.64. The Labute approximate surface area is 111 Å². The molecule has 18 heavy (non-hydrogen) atoms. The first-order valence-electron chi connectivity index (χ1n) is 6.06. The van der Waals surface area contributed by atoms with E-state index in [2.05, 4.69) is 10.2 Å². The number of rotatable bonds is 3. The van der Waals surface area contributed by atoms with Crippen molar-refractivity contribution in [2.24, 2.45) is 5.92 Å². The van der Waals surface area contributed by atoms with Crippen molar-refractivity contribution in [1.82, 2.24) is 14.8 Å². The molecule has 1 aromatic carbocycles. The van der Waals surface area contributed by atoms with Crippen LogP contribution in [-0.4, -0.2) is 28.0 Å². The fourth-order valence-corrected chi connectivity index (χ4v) is 2.42. The van der Waals surface area contributed by atoms with Crippen LogP contribution in [-0.2, 0) is 11.3 Å². The minimum atomic E-state index is 0.445. The van der Waals surface area contributed by atoms with Gasteiger partial charge in [0, 0.05) is 24.6 Å². The molecule has 1 saturated heterocycles. The molecule has 94 valence electrons. The Morgan fingerprint density at radius 3 is 2.83 bits per heavy atom. The van der Waals surface area contributed by atoms with Gasteiger partial charge in [-0.15, -0.1) is 10.2 Å². The lowest BCUT2D eigenvalue weighted by Crippen LogP contribution is -2.12.